The van der Waals surface area contributed by atoms with Crippen molar-refractivity contribution in [2.24, 2.45) is 0 Å². The van der Waals surface area contributed by atoms with Crippen LogP contribution in [0.15, 0.2) is 231 Å². The Bertz CT molecular complexity index is 3020. The SMILES string of the molecule is c1ccc(-c2cc(-c3ccc(-c4cc5c(cc4-c4cccc6ccccc46)C(c4ccccc4)(c4ccccc4)c4ccccc4-5)cc3)nc(-c3ccccc3)n2)cc1. The molecule has 0 aliphatic heterocycles. The van der Waals surface area contributed by atoms with E-state index in [1.165, 1.54) is 60.8 Å². The monoisotopic (exact) mass is 750 g/mol. The Morgan fingerprint density at radius 1 is 0.288 bits per heavy atom. The summed E-state index contributed by atoms with van der Waals surface area (Å²) >= 11 is 0. The van der Waals surface area contributed by atoms with Gasteiger partial charge in [-0.2, -0.15) is 0 Å². The van der Waals surface area contributed by atoms with Crippen LogP contribution in [0.25, 0.3) is 78.1 Å². The molecule has 0 N–H and O–H groups in total. The van der Waals surface area contributed by atoms with E-state index in [4.69, 9.17) is 9.97 Å². The van der Waals surface area contributed by atoms with Crippen LogP contribution in [0.3, 0.4) is 0 Å². The average molecular weight is 751 g/mol. The van der Waals surface area contributed by atoms with Gasteiger partial charge in [0, 0.05) is 16.7 Å². The smallest absolute Gasteiger partial charge is 0.160 e. The molecule has 11 rings (SSSR count). The molecule has 9 aromatic carbocycles. The lowest BCUT2D eigenvalue weighted by Crippen LogP contribution is -2.28. The maximum absolute atomic E-state index is 5.14. The largest absolute Gasteiger partial charge is 0.228 e. The minimum atomic E-state index is -0.504. The zero-order valence-electron chi connectivity index (χ0n) is 32.3. The van der Waals surface area contributed by atoms with Gasteiger partial charge in [0.2, 0.25) is 0 Å². The quantitative estimate of drug-likeness (QED) is 0.162. The number of rotatable bonds is 7. The van der Waals surface area contributed by atoms with Gasteiger partial charge in [0.25, 0.3) is 0 Å². The second-order valence-electron chi connectivity index (χ2n) is 15.3. The lowest BCUT2D eigenvalue weighted by molar-refractivity contribution is 0.769. The van der Waals surface area contributed by atoms with Gasteiger partial charge in [-0.15, -0.1) is 0 Å². The number of fused-ring (bicyclic) bond motifs is 4. The van der Waals surface area contributed by atoms with Gasteiger partial charge in [-0.05, 0) is 84.6 Å². The zero-order chi connectivity index (χ0) is 39.2. The summed E-state index contributed by atoms with van der Waals surface area (Å²) in [6.45, 7) is 0. The molecule has 1 aromatic heterocycles. The predicted molar refractivity (Wildman–Crippen MR) is 244 cm³/mol. The second-order valence-corrected chi connectivity index (χ2v) is 15.3. The van der Waals surface area contributed by atoms with Crippen molar-refractivity contribution >= 4 is 10.8 Å². The molecule has 0 bridgehead atoms. The summed E-state index contributed by atoms with van der Waals surface area (Å²) in [5, 5.41) is 2.45. The molecule has 0 amide bonds. The predicted octanol–water partition coefficient (Wildman–Crippen LogP) is 14.3. The van der Waals surface area contributed by atoms with Crippen molar-refractivity contribution in [3.05, 3.63) is 253 Å². The van der Waals surface area contributed by atoms with Crippen molar-refractivity contribution in [3.8, 4) is 67.3 Å². The molecule has 1 aliphatic rings. The Labute approximate surface area is 344 Å². The first-order chi connectivity index (χ1) is 29.3. The van der Waals surface area contributed by atoms with Gasteiger partial charge in [-0.25, -0.2) is 9.97 Å². The topological polar surface area (TPSA) is 25.8 Å². The van der Waals surface area contributed by atoms with Crippen molar-refractivity contribution in [2.45, 2.75) is 5.41 Å². The Balaban J connectivity index is 1.14. The molecule has 2 nitrogen and oxygen atoms in total. The van der Waals surface area contributed by atoms with Crippen molar-refractivity contribution in [1.82, 2.24) is 9.97 Å². The summed E-state index contributed by atoms with van der Waals surface area (Å²) in [6, 6.07) is 83.2. The second kappa shape index (κ2) is 14.4. The first-order valence-electron chi connectivity index (χ1n) is 20.2. The van der Waals surface area contributed by atoms with Crippen LogP contribution in [0.2, 0.25) is 0 Å². The van der Waals surface area contributed by atoms with Crippen LogP contribution >= 0.6 is 0 Å². The highest BCUT2D eigenvalue weighted by molar-refractivity contribution is 6.03. The maximum Gasteiger partial charge on any atom is 0.160 e. The molecule has 59 heavy (non-hydrogen) atoms. The molecule has 276 valence electrons. The van der Waals surface area contributed by atoms with Crippen molar-refractivity contribution < 1.29 is 0 Å². The lowest BCUT2D eigenvalue weighted by Gasteiger charge is -2.34. The van der Waals surface area contributed by atoms with Crippen LogP contribution in [0.1, 0.15) is 22.3 Å². The number of aromatic nitrogens is 2. The van der Waals surface area contributed by atoms with E-state index in [0.717, 1.165) is 33.6 Å². The minimum absolute atomic E-state index is 0.504. The van der Waals surface area contributed by atoms with E-state index in [1.807, 2.05) is 24.3 Å². The van der Waals surface area contributed by atoms with Crippen LogP contribution < -0.4 is 0 Å². The molecule has 1 aliphatic carbocycles. The number of hydrogen-bond donors (Lipinski definition) is 0. The van der Waals surface area contributed by atoms with Gasteiger partial charge in [-0.1, -0.05) is 212 Å². The molecule has 0 atom stereocenters. The maximum atomic E-state index is 5.14. The van der Waals surface area contributed by atoms with E-state index in [-0.39, 0.29) is 0 Å². The summed E-state index contributed by atoms with van der Waals surface area (Å²) in [5.41, 5.74) is 16.8. The molecule has 10 aromatic rings. The molecule has 0 saturated heterocycles. The molecule has 1 heterocycles. The van der Waals surface area contributed by atoms with E-state index in [1.54, 1.807) is 0 Å². The van der Waals surface area contributed by atoms with E-state index in [2.05, 4.69) is 206 Å². The molecule has 2 heteroatoms. The summed E-state index contributed by atoms with van der Waals surface area (Å²) < 4.78 is 0. The van der Waals surface area contributed by atoms with Crippen molar-refractivity contribution in [1.29, 1.82) is 0 Å². The van der Waals surface area contributed by atoms with Crippen LogP contribution in [-0.4, -0.2) is 9.97 Å². The fourth-order valence-corrected chi connectivity index (χ4v) is 9.30. The van der Waals surface area contributed by atoms with E-state index < -0.39 is 5.41 Å². The highest BCUT2D eigenvalue weighted by atomic mass is 14.9. The third-order valence-corrected chi connectivity index (χ3v) is 12.0. The Kier molecular flexibility index (Phi) is 8.41. The van der Waals surface area contributed by atoms with Crippen LogP contribution in [0, 0.1) is 0 Å². The Hall–Kier alpha value is -7.68. The molecule has 0 unspecified atom stereocenters. The van der Waals surface area contributed by atoms with Crippen LogP contribution in [-0.2, 0) is 5.41 Å². The minimum Gasteiger partial charge on any atom is -0.228 e. The van der Waals surface area contributed by atoms with E-state index in [0.29, 0.717) is 5.82 Å². The summed E-state index contributed by atoms with van der Waals surface area (Å²) in [6.07, 6.45) is 0. The molecular weight excluding hydrogens is 713 g/mol. The van der Waals surface area contributed by atoms with Gasteiger partial charge in [0.1, 0.15) is 0 Å². The number of benzene rings is 9. The van der Waals surface area contributed by atoms with Crippen molar-refractivity contribution in [3.63, 3.8) is 0 Å². The first kappa shape index (κ1) is 34.6. The van der Waals surface area contributed by atoms with Crippen molar-refractivity contribution in [2.75, 3.05) is 0 Å². The van der Waals surface area contributed by atoms with E-state index >= 15 is 0 Å². The molecule has 0 radical (unpaired) electrons. The zero-order valence-corrected chi connectivity index (χ0v) is 32.3. The van der Waals surface area contributed by atoms with Crippen LogP contribution in [0.4, 0.5) is 0 Å². The Morgan fingerprint density at radius 2 is 0.797 bits per heavy atom. The van der Waals surface area contributed by atoms with Gasteiger partial charge in [-0.3, -0.25) is 0 Å². The van der Waals surface area contributed by atoms with Gasteiger partial charge in [0.15, 0.2) is 5.82 Å². The molecular formula is C57H38N2. The molecule has 0 saturated carbocycles. The normalized spacial score (nSPS) is 12.5. The number of nitrogens with zero attached hydrogens (tertiary/aromatic N) is 2. The molecule has 0 spiro atoms. The highest BCUT2D eigenvalue weighted by Crippen LogP contribution is 2.58. The van der Waals surface area contributed by atoms with Crippen LogP contribution in [0.5, 0.6) is 0 Å². The van der Waals surface area contributed by atoms with E-state index in [9.17, 15) is 0 Å². The average Bonchev–Trinajstić information content (AvgIpc) is 3.62. The standard InChI is InChI=1S/C57H38N2/c1-5-19-41(20-6-1)54-38-55(59-56(58-54)43-21-7-2-8-22-43)42-34-32-40(33-35-42)49-36-51-48-29-15-16-31-52(48)57(44-24-9-3-10-25-44,45-26-11-4-12-27-45)53(51)37-50(49)47-30-17-23-39-18-13-14-28-46(39)47/h1-38H. The van der Waals surface area contributed by atoms with Gasteiger partial charge >= 0.3 is 0 Å². The third kappa shape index (κ3) is 5.80. The number of hydrogen-bond acceptors (Lipinski definition) is 2. The fourth-order valence-electron chi connectivity index (χ4n) is 9.30. The summed E-state index contributed by atoms with van der Waals surface area (Å²) in [4.78, 5) is 10.2. The summed E-state index contributed by atoms with van der Waals surface area (Å²) in [7, 11) is 0. The fraction of sp³-hybridized carbons (Fsp3) is 0.0175. The summed E-state index contributed by atoms with van der Waals surface area (Å²) in [5.74, 6) is 0.710. The lowest BCUT2D eigenvalue weighted by atomic mass is 9.67. The Morgan fingerprint density at radius 3 is 1.47 bits per heavy atom. The third-order valence-electron chi connectivity index (χ3n) is 12.0. The van der Waals surface area contributed by atoms with Gasteiger partial charge < -0.3 is 0 Å². The first-order valence-corrected chi connectivity index (χ1v) is 20.2. The highest BCUT2D eigenvalue weighted by Gasteiger charge is 2.46. The molecule has 0 fully saturated rings. The van der Waals surface area contributed by atoms with Gasteiger partial charge in [0.05, 0.1) is 16.8 Å².